The van der Waals surface area contributed by atoms with Crippen LogP contribution < -0.4 is 0 Å². The van der Waals surface area contributed by atoms with Crippen molar-refractivity contribution in [2.75, 3.05) is 0 Å². The molecule has 3 aromatic heterocycles. The Hall–Kier alpha value is -3.79. The molecule has 0 radical (unpaired) electrons. The Balaban J connectivity index is 1.32. The Labute approximate surface area is 156 Å². The molecule has 0 atom stereocenters. The Morgan fingerprint density at radius 2 is 1.26 bits per heavy atom. The number of aromatic nitrogens is 4. The minimum atomic E-state index is 0.904. The molecule has 0 fully saturated rings. The van der Waals surface area contributed by atoms with Crippen molar-refractivity contribution in [3.05, 3.63) is 89.5 Å². The van der Waals surface area contributed by atoms with Crippen LogP contribution in [0.3, 0.4) is 0 Å². The lowest BCUT2D eigenvalue weighted by molar-refractivity contribution is 1.07. The molecule has 0 spiro atoms. The Kier molecular flexibility index (Phi) is 3.72. The molecule has 5 rings (SSSR count). The molecule has 0 aliphatic rings. The fourth-order valence-electron chi connectivity index (χ4n) is 3.23. The maximum absolute atomic E-state index is 4.36. The molecular weight excluding hydrogens is 332 g/mol. The van der Waals surface area contributed by atoms with Crippen LogP contribution in [0.5, 0.6) is 0 Å². The van der Waals surface area contributed by atoms with Crippen LogP contribution in [0.4, 0.5) is 0 Å². The van der Waals surface area contributed by atoms with Crippen LogP contribution in [0.1, 0.15) is 22.5 Å². The van der Waals surface area contributed by atoms with E-state index in [1.807, 2.05) is 30.6 Å². The number of benzene rings is 2. The number of nitrogens with zero attached hydrogens (tertiary/aromatic N) is 1. The Morgan fingerprint density at radius 1 is 0.630 bits per heavy atom. The predicted molar refractivity (Wildman–Crippen MR) is 113 cm³/mol. The maximum atomic E-state index is 4.36. The monoisotopic (exact) mass is 350 g/mol. The molecule has 0 bridgehead atoms. The third-order valence-electron chi connectivity index (χ3n) is 4.68. The van der Waals surface area contributed by atoms with Crippen LogP contribution in [0, 0.1) is 0 Å². The fourth-order valence-corrected chi connectivity index (χ4v) is 3.23. The summed E-state index contributed by atoms with van der Waals surface area (Å²) in [5, 5.41) is 9.87. The molecule has 27 heavy (non-hydrogen) atoms. The van der Waals surface area contributed by atoms with E-state index in [2.05, 4.69) is 80.8 Å². The van der Waals surface area contributed by atoms with Gasteiger partial charge in [0.15, 0.2) is 0 Å². The van der Waals surface area contributed by atoms with Crippen molar-refractivity contribution in [2.45, 2.75) is 0 Å². The summed E-state index contributed by atoms with van der Waals surface area (Å²) in [6.45, 7) is 0. The summed E-state index contributed by atoms with van der Waals surface area (Å²) in [7, 11) is 0. The standard InChI is InChI=1S/C23H18N4/c1-5-18-9-11-24-22(18)13-16(1)3-7-20-15-21(27-26-20)8-4-17-2-6-19-10-12-25-23(19)14-17/h1-15,24-25H,(H,26,27)/b7-3+,8-4?. The molecule has 0 saturated heterocycles. The first-order chi connectivity index (χ1) is 13.3. The van der Waals surface area contributed by atoms with E-state index in [0.29, 0.717) is 0 Å². The van der Waals surface area contributed by atoms with Crippen molar-refractivity contribution in [3.63, 3.8) is 0 Å². The molecule has 2 aromatic carbocycles. The quantitative estimate of drug-likeness (QED) is 0.382. The van der Waals surface area contributed by atoms with E-state index in [9.17, 15) is 0 Å². The second kappa shape index (κ2) is 6.50. The molecule has 3 N–H and O–H groups in total. The van der Waals surface area contributed by atoms with Crippen LogP contribution in [0.25, 0.3) is 46.1 Å². The summed E-state index contributed by atoms with van der Waals surface area (Å²) >= 11 is 0. The van der Waals surface area contributed by atoms with E-state index >= 15 is 0 Å². The van der Waals surface area contributed by atoms with Gasteiger partial charge >= 0.3 is 0 Å². The highest BCUT2D eigenvalue weighted by Gasteiger charge is 1.98. The molecule has 0 aliphatic carbocycles. The number of hydrogen-bond acceptors (Lipinski definition) is 1. The highest BCUT2D eigenvalue weighted by atomic mass is 15.1. The fraction of sp³-hybridized carbons (Fsp3) is 0. The summed E-state index contributed by atoms with van der Waals surface area (Å²) in [5.41, 5.74) is 6.45. The third kappa shape index (κ3) is 3.20. The van der Waals surface area contributed by atoms with Crippen LogP contribution in [-0.2, 0) is 0 Å². The highest BCUT2D eigenvalue weighted by molar-refractivity contribution is 5.84. The van der Waals surface area contributed by atoms with Crippen molar-refractivity contribution < 1.29 is 0 Å². The molecule has 3 heterocycles. The third-order valence-corrected chi connectivity index (χ3v) is 4.68. The zero-order valence-corrected chi connectivity index (χ0v) is 14.6. The first-order valence-corrected chi connectivity index (χ1v) is 8.89. The normalized spacial score (nSPS) is 12.1. The summed E-state index contributed by atoms with van der Waals surface area (Å²) in [5.74, 6) is 0. The minimum Gasteiger partial charge on any atom is -0.361 e. The molecule has 0 amide bonds. The Bertz CT molecular complexity index is 1180. The van der Waals surface area contributed by atoms with Gasteiger partial charge in [-0.1, -0.05) is 36.4 Å². The van der Waals surface area contributed by atoms with Crippen molar-refractivity contribution in [3.8, 4) is 0 Å². The number of fused-ring (bicyclic) bond motifs is 2. The van der Waals surface area contributed by atoms with Crippen molar-refractivity contribution in [1.29, 1.82) is 0 Å². The average Bonchev–Trinajstić information content (AvgIpc) is 3.44. The number of rotatable bonds is 4. The molecule has 4 nitrogen and oxygen atoms in total. The zero-order valence-electron chi connectivity index (χ0n) is 14.6. The largest absolute Gasteiger partial charge is 0.361 e. The lowest BCUT2D eigenvalue weighted by Gasteiger charge is -1.94. The first-order valence-electron chi connectivity index (χ1n) is 8.89. The van der Waals surface area contributed by atoms with Gasteiger partial charge in [0.2, 0.25) is 0 Å². The summed E-state index contributed by atoms with van der Waals surface area (Å²) in [4.78, 5) is 6.48. The van der Waals surface area contributed by atoms with Gasteiger partial charge in [-0.25, -0.2) is 0 Å². The second-order valence-corrected chi connectivity index (χ2v) is 6.56. The molecule has 0 saturated carbocycles. The van der Waals surface area contributed by atoms with Gasteiger partial charge in [0.1, 0.15) is 0 Å². The van der Waals surface area contributed by atoms with Crippen LogP contribution in [0.15, 0.2) is 67.0 Å². The van der Waals surface area contributed by atoms with Gasteiger partial charge in [-0.3, -0.25) is 5.10 Å². The first kappa shape index (κ1) is 15.5. The van der Waals surface area contributed by atoms with Crippen LogP contribution >= 0.6 is 0 Å². The SMILES string of the molecule is C(=Cc1cc(/C=C/c2ccc3cc[nH]c3c2)n[nH]1)c1ccc2cc[nH]c2c1. The molecule has 4 heteroatoms. The molecular formula is C23H18N4. The molecule has 5 aromatic rings. The number of aromatic amines is 3. The van der Waals surface area contributed by atoms with E-state index in [4.69, 9.17) is 0 Å². The highest BCUT2D eigenvalue weighted by Crippen LogP contribution is 2.18. The average molecular weight is 350 g/mol. The second-order valence-electron chi connectivity index (χ2n) is 6.56. The lowest BCUT2D eigenvalue weighted by atomic mass is 10.1. The van der Waals surface area contributed by atoms with Crippen molar-refractivity contribution in [1.82, 2.24) is 20.2 Å². The molecule has 0 aliphatic heterocycles. The van der Waals surface area contributed by atoms with E-state index in [1.54, 1.807) is 0 Å². The topological polar surface area (TPSA) is 60.3 Å². The van der Waals surface area contributed by atoms with E-state index < -0.39 is 0 Å². The van der Waals surface area contributed by atoms with Gasteiger partial charge in [-0.2, -0.15) is 5.10 Å². The van der Waals surface area contributed by atoms with Crippen molar-refractivity contribution >= 4 is 46.1 Å². The zero-order chi connectivity index (χ0) is 18.1. The summed E-state index contributed by atoms with van der Waals surface area (Å²) < 4.78 is 0. The Morgan fingerprint density at radius 3 is 1.93 bits per heavy atom. The minimum absolute atomic E-state index is 0.904. The maximum Gasteiger partial charge on any atom is 0.0854 e. The van der Waals surface area contributed by atoms with Gasteiger partial charge in [-0.15, -0.1) is 0 Å². The lowest BCUT2D eigenvalue weighted by Crippen LogP contribution is -1.75. The molecule has 130 valence electrons. The van der Waals surface area contributed by atoms with Crippen molar-refractivity contribution in [2.24, 2.45) is 0 Å². The summed E-state index contributed by atoms with van der Waals surface area (Å²) in [6.07, 6.45) is 12.1. The van der Waals surface area contributed by atoms with E-state index in [0.717, 1.165) is 33.5 Å². The smallest absolute Gasteiger partial charge is 0.0854 e. The van der Waals surface area contributed by atoms with Gasteiger partial charge in [0, 0.05) is 23.4 Å². The van der Waals surface area contributed by atoms with E-state index in [1.165, 1.54) is 10.8 Å². The predicted octanol–water partition coefficient (Wildman–Crippen LogP) is 5.71. The number of hydrogen-bond donors (Lipinski definition) is 3. The van der Waals surface area contributed by atoms with Gasteiger partial charge in [0.05, 0.1) is 11.4 Å². The van der Waals surface area contributed by atoms with Gasteiger partial charge in [-0.05, 0) is 64.4 Å². The van der Waals surface area contributed by atoms with Crippen LogP contribution in [-0.4, -0.2) is 20.2 Å². The number of nitrogens with one attached hydrogen (secondary N) is 3. The molecule has 0 unspecified atom stereocenters. The van der Waals surface area contributed by atoms with E-state index in [-0.39, 0.29) is 0 Å². The number of H-pyrrole nitrogens is 3. The van der Waals surface area contributed by atoms with Gasteiger partial charge in [0.25, 0.3) is 0 Å². The van der Waals surface area contributed by atoms with Gasteiger partial charge < -0.3 is 9.97 Å². The van der Waals surface area contributed by atoms with Crippen LogP contribution in [0.2, 0.25) is 0 Å². The summed E-state index contributed by atoms with van der Waals surface area (Å²) in [6, 6.07) is 18.9.